The number of anilines is 3. The number of carbonyl (C=O) groups excluding carboxylic acids is 1. The van der Waals surface area contributed by atoms with Crippen molar-refractivity contribution in [3.8, 4) is 0 Å². The Bertz CT molecular complexity index is 861. The number of pyridine rings is 2. The summed E-state index contributed by atoms with van der Waals surface area (Å²) in [7, 11) is 0. The fourth-order valence-corrected chi connectivity index (χ4v) is 2.21. The molecule has 122 valence electrons. The highest BCUT2D eigenvalue weighted by molar-refractivity contribution is 5.94. The Labute approximate surface area is 141 Å². The van der Waals surface area contributed by atoms with Crippen molar-refractivity contribution in [3.05, 3.63) is 54.9 Å². The molecule has 0 saturated carbocycles. The number of nitrogens with zero attached hydrogens (tertiary/aromatic N) is 2. The van der Waals surface area contributed by atoms with Gasteiger partial charge in [-0.15, -0.1) is 0 Å². The van der Waals surface area contributed by atoms with Gasteiger partial charge >= 0.3 is 0 Å². The van der Waals surface area contributed by atoms with E-state index in [1.165, 1.54) is 0 Å². The van der Waals surface area contributed by atoms with Crippen LogP contribution in [0.1, 0.15) is 20.8 Å². The van der Waals surface area contributed by atoms with Gasteiger partial charge in [-0.3, -0.25) is 9.78 Å². The van der Waals surface area contributed by atoms with Gasteiger partial charge in [0.25, 0.3) is 0 Å². The third-order valence-electron chi connectivity index (χ3n) is 3.60. The number of carbonyl (C=O) groups is 1. The van der Waals surface area contributed by atoms with E-state index >= 15 is 0 Å². The van der Waals surface area contributed by atoms with Crippen LogP contribution in [0.15, 0.2) is 54.9 Å². The van der Waals surface area contributed by atoms with Crippen molar-refractivity contribution in [3.63, 3.8) is 0 Å². The van der Waals surface area contributed by atoms with E-state index in [4.69, 9.17) is 0 Å². The molecule has 1 amide bonds. The lowest BCUT2D eigenvalue weighted by atomic mass is 9.96. The largest absolute Gasteiger partial charge is 0.352 e. The van der Waals surface area contributed by atoms with E-state index in [9.17, 15) is 4.79 Å². The Morgan fingerprint density at radius 1 is 1.00 bits per heavy atom. The summed E-state index contributed by atoms with van der Waals surface area (Å²) in [6, 6.07) is 13.6. The molecule has 0 saturated heterocycles. The number of rotatable bonds is 3. The number of para-hydroxylation sites is 1. The molecule has 0 aliphatic carbocycles. The summed E-state index contributed by atoms with van der Waals surface area (Å²) in [5, 5.41) is 7.21. The quantitative estimate of drug-likeness (QED) is 0.752. The zero-order valence-corrected chi connectivity index (χ0v) is 14.0. The number of hydrogen-bond donors (Lipinski definition) is 2. The standard InChI is InChI=1S/C19H20N4O/c1-19(2,3)18(24)23-16-10-9-14(12-21-16)22-15-8-4-6-13-7-5-11-20-17(13)15/h4-12,22H,1-3H3,(H,21,23,24). The zero-order chi connectivity index (χ0) is 17.2. The molecule has 24 heavy (non-hydrogen) atoms. The van der Waals surface area contributed by atoms with E-state index in [0.717, 1.165) is 22.3 Å². The van der Waals surface area contributed by atoms with Crippen LogP contribution in [0.2, 0.25) is 0 Å². The Kier molecular flexibility index (Phi) is 4.16. The minimum Gasteiger partial charge on any atom is -0.352 e. The van der Waals surface area contributed by atoms with E-state index in [1.807, 2.05) is 57.2 Å². The number of hydrogen-bond acceptors (Lipinski definition) is 4. The van der Waals surface area contributed by atoms with Crippen molar-refractivity contribution in [1.29, 1.82) is 0 Å². The van der Waals surface area contributed by atoms with E-state index < -0.39 is 5.41 Å². The molecule has 0 fully saturated rings. The second-order valence-electron chi connectivity index (χ2n) is 6.64. The molecule has 0 aliphatic rings. The maximum absolute atomic E-state index is 12.0. The summed E-state index contributed by atoms with van der Waals surface area (Å²) in [5.41, 5.74) is 2.21. The van der Waals surface area contributed by atoms with Gasteiger partial charge in [0, 0.05) is 17.0 Å². The average molecular weight is 320 g/mol. The molecule has 0 spiro atoms. The van der Waals surface area contributed by atoms with Crippen LogP contribution < -0.4 is 10.6 Å². The maximum Gasteiger partial charge on any atom is 0.230 e. The first-order valence-electron chi connectivity index (χ1n) is 7.82. The molecule has 2 N–H and O–H groups in total. The molecular formula is C19H20N4O. The summed E-state index contributed by atoms with van der Waals surface area (Å²) in [6.07, 6.45) is 3.47. The smallest absolute Gasteiger partial charge is 0.230 e. The van der Waals surface area contributed by atoms with Crippen LogP contribution in [0.5, 0.6) is 0 Å². The van der Waals surface area contributed by atoms with Crippen LogP contribution in [0, 0.1) is 5.41 Å². The minimum absolute atomic E-state index is 0.0611. The number of fused-ring (bicyclic) bond motifs is 1. The molecule has 0 atom stereocenters. The average Bonchev–Trinajstić information content (AvgIpc) is 2.56. The third kappa shape index (κ3) is 3.51. The Balaban J connectivity index is 1.78. The van der Waals surface area contributed by atoms with Gasteiger partial charge in [-0.2, -0.15) is 0 Å². The lowest BCUT2D eigenvalue weighted by Crippen LogP contribution is -2.27. The highest BCUT2D eigenvalue weighted by Crippen LogP contribution is 2.25. The monoisotopic (exact) mass is 320 g/mol. The van der Waals surface area contributed by atoms with Crippen molar-refractivity contribution < 1.29 is 4.79 Å². The lowest BCUT2D eigenvalue weighted by molar-refractivity contribution is -0.123. The van der Waals surface area contributed by atoms with E-state index in [-0.39, 0.29) is 5.91 Å². The third-order valence-corrected chi connectivity index (χ3v) is 3.60. The molecule has 0 unspecified atom stereocenters. The Morgan fingerprint density at radius 2 is 1.79 bits per heavy atom. The van der Waals surface area contributed by atoms with Crippen LogP contribution in [0.25, 0.3) is 10.9 Å². The van der Waals surface area contributed by atoms with Gasteiger partial charge in [-0.05, 0) is 24.3 Å². The van der Waals surface area contributed by atoms with E-state index in [2.05, 4.69) is 20.6 Å². The molecule has 5 heteroatoms. The molecule has 2 heterocycles. The molecule has 3 rings (SSSR count). The Hall–Kier alpha value is -2.95. The van der Waals surface area contributed by atoms with Gasteiger partial charge in [-0.25, -0.2) is 4.98 Å². The lowest BCUT2D eigenvalue weighted by Gasteiger charge is -2.17. The van der Waals surface area contributed by atoms with Crippen LogP contribution in [-0.2, 0) is 4.79 Å². The van der Waals surface area contributed by atoms with Gasteiger partial charge in [0.15, 0.2) is 0 Å². The zero-order valence-electron chi connectivity index (χ0n) is 14.0. The fourth-order valence-electron chi connectivity index (χ4n) is 2.21. The molecule has 0 bridgehead atoms. The topological polar surface area (TPSA) is 66.9 Å². The second kappa shape index (κ2) is 6.28. The first-order chi connectivity index (χ1) is 11.4. The summed E-state index contributed by atoms with van der Waals surface area (Å²) in [5.74, 6) is 0.477. The SMILES string of the molecule is CC(C)(C)C(=O)Nc1ccc(Nc2cccc3cccnc23)cn1. The molecule has 3 aromatic rings. The van der Waals surface area contributed by atoms with Gasteiger partial charge in [0.1, 0.15) is 5.82 Å². The van der Waals surface area contributed by atoms with Crippen molar-refractivity contribution >= 4 is 34.0 Å². The summed E-state index contributed by atoms with van der Waals surface area (Å²) in [4.78, 5) is 20.7. The second-order valence-corrected chi connectivity index (χ2v) is 6.64. The first kappa shape index (κ1) is 15.9. The van der Waals surface area contributed by atoms with Gasteiger partial charge in [0.05, 0.1) is 23.1 Å². The van der Waals surface area contributed by atoms with Gasteiger partial charge in [0.2, 0.25) is 5.91 Å². The first-order valence-corrected chi connectivity index (χ1v) is 7.82. The van der Waals surface area contributed by atoms with Crippen molar-refractivity contribution in [2.75, 3.05) is 10.6 Å². The van der Waals surface area contributed by atoms with E-state index in [0.29, 0.717) is 5.82 Å². The molecule has 1 aromatic carbocycles. The van der Waals surface area contributed by atoms with Crippen LogP contribution >= 0.6 is 0 Å². The number of amides is 1. The Morgan fingerprint density at radius 3 is 2.50 bits per heavy atom. The normalized spacial score (nSPS) is 11.3. The molecule has 0 aliphatic heterocycles. The fraction of sp³-hybridized carbons (Fsp3) is 0.211. The van der Waals surface area contributed by atoms with Gasteiger partial charge in [-0.1, -0.05) is 39.0 Å². The minimum atomic E-state index is -0.451. The van der Waals surface area contributed by atoms with E-state index in [1.54, 1.807) is 18.5 Å². The number of nitrogens with one attached hydrogen (secondary N) is 2. The van der Waals surface area contributed by atoms with Crippen LogP contribution in [-0.4, -0.2) is 15.9 Å². The number of benzene rings is 1. The highest BCUT2D eigenvalue weighted by atomic mass is 16.2. The van der Waals surface area contributed by atoms with Crippen molar-refractivity contribution in [2.45, 2.75) is 20.8 Å². The maximum atomic E-state index is 12.0. The summed E-state index contributed by atoms with van der Waals surface area (Å²) < 4.78 is 0. The predicted molar refractivity (Wildman–Crippen MR) is 97.3 cm³/mol. The molecule has 5 nitrogen and oxygen atoms in total. The van der Waals surface area contributed by atoms with Crippen molar-refractivity contribution in [1.82, 2.24) is 9.97 Å². The molecule has 2 aromatic heterocycles. The van der Waals surface area contributed by atoms with Crippen LogP contribution in [0.3, 0.4) is 0 Å². The number of aromatic nitrogens is 2. The van der Waals surface area contributed by atoms with Crippen molar-refractivity contribution in [2.24, 2.45) is 5.41 Å². The van der Waals surface area contributed by atoms with Gasteiger partial charge < -0.3 is 10.6 Å². The molecule has 0 radical (unpaired) electrons. The molecular weight excluding hydrogens is 300 g/mol. The van der Waals surface area contributed by atoms with Crippen LogP contribution in [0.4, 0.5) is 17.2 Å². The predicted octanol–water partition coefficient (Wildman–Crippen LogP) is 4.36. The summed E-state index contributed by atoms with van der Waals surface area (Å²) in [6.45, 7) is 5.60. The summed E-state index contributed by atoms with van der Waals surface area (Å²) >= 11 is 0. The highest BCUT2D eigenvalue weighted by Gasteiger charge is 2.21.